The smallest absolute Gasteiger partial charge is 0.343 e. The normalized spacial score (nSPS) is 14.8. The molecule has 1 saturated heterocycles. The van der Waals surface area contributed by atoms with E-state index in [1.165, 1.54) is 4.90 Å². The lowest BCUT2D eigenvalue weighted by atomic mass is 10.1. The molecule has 0 atom stereocenters. The summed E-state index contributed by atoms with van der Waals surface area (Å²) in [5.41, 5.74) is 2.79. The zero-order valence-electron chi connectivity index (χ0n) is 17.1. The van der Waals surface area contributed by atoms with Crippen LogP contribution < -0.4 is 4.74 Å². The van der Waals surface area contributed by atoms with Crippen LogP contribution in [0.25, 0.3) is 6.08 Å². The van der Waals surface area contributed by atoms with E-state index in [1.54, 1.807) is 66.7 Å². The van der Waals surface area contributed by atoms with E-state index in [2.05, 4.69) is 0 Å². The molecule has 1 aliphatic rings. The maximum absolute atomic E-state index is 12.9. The van der Waals surface area contributed by atoms with Gasteiger partial charge in [0.2, 0.25) is 0 Å². The number of aryl methyl sites for hydroxylation is 1. The summed E-state index contributed by atoms with van der Waals surface area (Å²) < 4.78 is 5.56. The zero-order valence-corrected chi connectivity index (χ0v) is 18.7. The third-order valence-electron chi connectivity index (χ3n) is 4.82. The molecule has 1 fully saturated rings. The Morgan fingerprint density at radius 1 is 1.00 bits per heavy atom. The van der Waals surface area contributed by atoms with E-state index in [-0.39, 0.29) is 16.7 Å². The first-order valence-corrected chi connectivity index (χ1v) is 11.0. The highest BCUT2D eigenvalue weighted by Gasteiger charge is 2.35. The fourth-order valence-electron chi connectivity index (χ4n) is 3.09. The molecule has 0 aliphatic carbocycles. The minimum Gasteiger partial charge on any atom is -0.422 e. The SMILES string of the molecule is Cc1ccc(C(=O)Oc2ccccc2/C=C2\SC(=O)N(Cc3ccc(Cl)cc3)C2=O)cc1. The summed E-state index contributed by atoms with van der Waals surface area (Å²) >= 11 is 6.76. The van der Waals surface area contributed by atoms with Crippen LogP contribution in [0, 0.1) is 6.92 Å². The van der Waals surface area contributed by atoms with Gasteiger partial charge < -0.3 is 4.74 Å². The van der Waals surface area contributed by atoms with Crippen molar-refractivity contribution in [2.24, 2.45) is 0 Å². The molecular weight excluding hydrogens is 446 g/mol. The van der Waals surface area contributed by atoms with E-state index >= 15 is 0 Å². The van der Waals surface area contributed by atoms with Crippen molar-refractivity contribution in [3.63, 3.8) is 0 Å². The van der Waals surface area contributed by atoms with Gasteiger partial charge in [-0.05, 0) is 60.7 Å². The average molecular weight is 464 g/mol. The number of ether oxygens (including phenoxy) is 1. The minimum atomic E-state index is -0.498. The van der Waals surface area contributed by atoms with Gasteiger partial charge in [0, 0.05) is 10.6 Å². The molecule has 32 heavy (non-hydrogen) atoms. The van der Waals surface area contributed by atoms with Gasteiger partial charge in [0.05, 0.1) is 17.0 Å². The number of carbonyl (C=O) groups excluding carboxylic acids is 3. The van der Waals surface area contributed by atoms with E-state index < -0.39 is 11.9 Å². The van der Waals surface area contributed by atoms with Crippen molar-refractivity contribution in [2.75, 3.05) is 0 Å². The summed E-state index contributed by atoms with van der Waals surface area (Å²) in [5.74, 6) is -0.584. The highest BCUT2D eigenvalue weighted by Crippen LogP contribution is 2.35. The number of esters is 1. The summed E-state index contributed by atoms with van der Waals surface area (Å²) in [6, 6.07) is 20.9. The summed E-state index contributed by atoms with van der Waals surface area (Å²) in [6.45, 7) is 2.09. The standard InChI is InChI=1S/C25H18ClNO4S/c1-16-6-10-18(11-7-16)24(29)31-21-5-3-2-4-19(21)14-22-23(28)27(25(30)32-22)15-17-8-12-20(26)13-9-17/h2-14H,15H2,1H3/b22-14-. The first-order valence-electron chi connectivity index (χ1n) is 9.78. The predicted molar refractivity (Wildman–Crippen MR) is 126 cm³/mol. The van der Waals surface area contributed by atoms with Crippen molar-refractivity contribution < 1.29 is 19.1 Å². The Hall–Kier alpha value is -3.35. The summed E-state index contributed by atoms with van der Waals surface area (Å²) in [7, 11) is 0. The fourth-order valence-corrected chi connectivity index (χ4v) is 4.05. The van der Waals surface area contributed by atoms with Gasteiger partial charge in [0.25, 0.3) is 11.1 Å². The topological polar surface area (TPSA) is 63.7 Å². The Labute approximate surface area is 194 Å². The second-order valence-corrected chi connectivity index (χ2v) is 8.62. The number of benzene rings is 3. The van der Waals surface area contributed by atoms with Gasteiger partial charge in [-0.25, -0.2) is 4.79 Å². The average Bonchev–Trinajstić information content (AvgIpc) is 3.04. The lowest BCUT2D eigenvalue weighted by Crippen LogP contribution is -2.27. The third kappa shape index (κ3) is 4.93. The van der Waals surface area contributed by atoms with E-state index in [1.807, 2.05) is 19.1 Å². The third-order valence-corrected chi connectivity index (χ3v) is 5.98. The number of nitrogens with zero attached hydrogens (tertiary/aromatic N) is 1. The van der Waals surface area contributed by atoms with Crippen LogP contribution in [-0.4, -0.2) is 22.0 Å². The number of hydrogen-bond acceptors (Lipinski definition) is 5. The molecule has 2 amide bonds. The number of halogens is 1. The molecule has 0 aromatic heterocycles. The molecule has 0 unspecified atom stereocenters. The van der Waals surface area contributed by atoms with Crippen LogP contribution in [0.3, 0.4) is 0 Å². The molecule has 3 aromatic rings. The minimum absolute atomic E-state index is 0.156. The molecule has 0 saturated carbocycles. The molecule has 1 aliphatic heterocycles. The van der Waals surface area contributed by atoms with Gasteiger partial charge in [0.1, 0.15) is 5.75 Å². The largest absolute Gasteiger partial charge is 0.422 e. The summed E-state index contributed by atoms with van der Waals surface area (Å²) in [4.78, 5) is 39.3. The van der Waals surface area contributed by atoms with Crippen molar-refractivity contribution >= 4 is 46.6 Å². The lowest BCUT2D eigenvalue weighted by molar-refractivity contribution is -0.123. The number of thioether (sulfide) groups is 1. The molecule has 7 heteroatoms. The van der Waals surface area contributed by atoms with Crippen LogP contribution in [0.15, 0.2) is 77.7 Å². The van der Waals surface area contributed by atoms with Crippen LogP contribution in [-0.2, 0) is 11.3 Å². The maximum Gasteiger partial charge on any atom is 0.343 e. The van der Waals surface area contributed by atoms with Crippen LogP contribution in [0.4, 0.5) is 4.79 Å². The molecule has 1 heterocycles. The van der Waals surface area contributed by atoms with Gasteiger partial charge >= 0.3 is 5.97 Å². The monoisotopic (exact) mass is 463 g/mol. The van der Waals surface area contributed by atoms with E-state index in [0.29, 0.717) is 21.9 Å². The first kappa shape index (κ1) is 21.9. The molecule has 0 spiro atoms. The van der Waals surface area contributed by atoms with Crippen LogP contribution in [0.2, 0.25) is 5.02 Å². The molecule has 160 valence electrons. The molecule has 5 nitrogen and oxygen atoms in total. The molecule has 4 rings (SSSR count). The lowest BCUT2D eigenvalue weighted by Gasteiger charge is -2.12. The molecular formula is C25H18ClNO4S. The molecule has 0 N–H and O–H groups in total. The van der Waals surface area contributed by atoms with Crippen molar-refractivity contribution in [3.05, 3.63) is 105 Å². The Morgan fingerprint density at radius 2 is 1.69 bits per heavy atom. The Kier molecular flexibility index (Phi) is 6.44. The Morgan fingerprint density at radius 3 is 2.41 bits per heavy atom. The van der Waals surface area contributed by atoms with Gasteiger partial charge in [0.15, 0.2) is 0 Å². The first-order chi connectivity index (χ1) is 15.4. The fraction of sp³-hybridized carbons (Fsp3) is 0.0800. The highest BCUT2D eigenvalue weighted by molar-refractivity contribution is 8.18. The van der Waals surface area contributed by atoms with Crippen molar-refractivity contribution in [1.82, 2.24) is 4.90 Å². The number of para-hydroxylation sites is 1. The number of hydrogen-bond donors (Lipinski definition) is 0. The van der Waals surface area contributed by atoms with Crippen LogP contribution in [0.1, 0.15) is 27.0 Å². The molecule has 0 bridgehead atoms. The van der Waals surface area contributed by atoms with Crippen molar-refractivity contribution in [1.29, 1.82) is 0 Å². The Balaban J connectivity index is 1.54. The zero-order chi connectivity index (χ0) is 22.7. The second-order valence-electron chi connectivity index (χ2n) is 7.19. The quantitative estimate of drug-likeness (QED) is 0.260. The van der Waals surface area contributed by atoms with Gasteiger partial charge in [-0.2, -0.15) is 0 Å². The maximum atomic E-state index is 12.9. The van der Waals surface area contributed by atoms with E-state index in [0.717, 1.165) is 22.9 Å². The Bertz CT molecular complexity index is 1220. The number of rotatable bonds is 5. The van der Waals surface area contributed by atoms with Gasteiger partial charge in [-0.1, -0.05) is 59.6 Å². The summed E-state index contributed by atoms with van der Waals surface area (Å²) in [5, 5.41) is 0.227. The van der Waals surface area contributed by atoms with Crippen LogP contribution >= 0.6 is 23.4 Å². The number of imide groups is 1. The highest BCUT2D eigenvalue weighted by atomic mass is 35.5. The van der Waals surface area contributed by atoms with E-state index in [4.69, 9.17) is 16.3 Å². The van der Waals surface area contributed by atoms with Crippen molar-refractivity contribution in [3.8, 4) is 5.75 Å². The molecule has 3 aromatic carbocycles. The van der Waals surface area contributed by atoms with Crippen molar-refractivity contribution in [2.45, 2.75) is 13.5 Å². The van der Waals surface area contributed by atoms with E-state index in [9.17, 15) is 14.4 Å². The molecule has 0 radical (unpaired) electrons. The number of carbonyl (C=O) groups is 3. The van der Waals surface area contributed by atoms with Gasteiger partial charge in [-0.3, -0.25) is 14.5 Å². The number of amides is 2. The predicted octanol–water partition coefficient (Wildman–Crippen LogP) is 6.10. The van der Waals surface area contributed by atoms with Gasteiger partial charge in [-0.15, -0.1) is 0 Å². The van der Waals surface area contributed by atoms with Crippen LogP contribution in [0.5, 0.6) is 5.75 Å². The summed E-state index contributed by atoms with van der Waals surface area (Å²) in [6.07, 6.45) is 1.57. The second kappa shape index (κ2) is 9.42.